The number of para-hydroxylation sites is 2. The lowest BCUT2D eigenvalue weighted by Gasteiger charge is -2.13. The molecule has 0 saturated carbocycles. The molecular formula is C20H23N3O3. The summed E-state index contributed by atoms with van der Waals surface area (Å²) in [4.78, 5) is 4.42. The molecule has 0 amide bonds. The van der Waals surface area contributed by atoms with Crippen molar-refractivity contribution in [3.63, 3.8) is 0 Å². The van der Waals surface area contributed by atoms with Crippen LogP contribution in [0.4, 0.5) is 5.69 Å². The van der Waals surface area contributed by atoms with Crippen molar-refractivity contribution in [1.29, 1.82) is 0 Å². The maximum absolute atomic E-state index is 5.88. The van der Waals surface area contributed by atoms with Gasteiger partial charge in [0, 0.05) is 11.6 Å². The summed E-state index contributed by atoms with van der Waals surface area (Å²) >= 11 is 0. The third kappa shape index (κ3) is 4.14. The van der Waals surface area contributed by atoms with Crippen molar-refractivity contribution >= 4 is 5.69 Å². The topological polar surface area (TPSA) is 69.4 Å². The number of nitrogens with one attached hydrogen (secondary N) is 1. The van der Waals surface area contributed by atoms with Gasteiger partial charge in [-0.15, -0.1) is 0 Å². The number of hydrogen-bond acceptors (Lipinski definition) is 6. The van der Waals surface area contributed by atoms with Crippen LogP contribution in [0, 0.1) is 0 Å². The van der Waals surface area contributed by atoms with Crippen molar-refractivity contribution in [3.05, 3.63) is 60.2 Å². The molecule has 3 aromatic rings. The predicted molar refractivity (Wildman–Crippen MR) is 99.9 cm³/mol. The molecule has 0 radical (unpaired) electrons. The van der Waals surface area contributed by atoms with Gasteiger partial charge in [0.2, 0.25) is 5.89 Å². The summed E-state index contributed by atoms with van der Waals surface area (Å²) in [7, 11) is 1.62. The van der Waals surface area contributed by atoms with Gasteiger partial charge in [0.25, 0.3) is 0 Å². The first-order valence-corrected chi connectivity index (χ1v) is 8.57. The van der Waals surface area contributed by atoms with Gasteiger partial charge in [-0.3, -0.25) is 0 Å². The Balaban J connectivity index is 1.65. The van der Waals surface area contributed by atoms with Gasteiger partial charge in [0.05, 0.1) is 7.11 Å². The highest BCUT2D eigenvalue weighted by Crippen LogP contribution is 2.31. The number of anilines is 1. The van der Waals surface area contributed by atoms with Crippen LogP contribution in [0.15, 0.2) is 53.1 Å². The molecular weight excluding hydrogens is 330 g/mol. The number of rotatable bonds is 7. The number of hydrogen-bond donors (Lipinski definition) is 1. The first kappa shape index (κ1) is 17.8. The summed E-state index contributed by atoms with van der Waals surface area (Å²) in [5, 5.41) is 7.35. The van der Waals surface area contributed by atoms with Gasteiger partial charge >= 0.3 is 0 Å². The van der Waals surface area contributed by atoms with Crippen LogP contribution in [0.25, 0.3) is 0 Å². The average Bonchev–Trinajstić information content (AvgIpc) is 3.14. The van der Waals surface area contributed by atoms with Gasteiger partial charge in [-0.25, -0.2) is 0 Å². The maximum Gasteiger partial charge on any atom is 0.248 e. The van der Waals surface area contributed by atoms with Crippen LogP contribution in [-0.2, 0) is 0 Å². The average molecular weight is 353 g/mol. The van der Waals surface area contributed by atoms with Gasteiger partial charge in [-0.05, 0) is 43.3 Å². The highest BCUT2D eigenvalue weighted by atomic mass is 16.5. The number of benzene rings is 2. The number of ether oxygens (including phenoxy) is 2. The van der Waals surface area contributed by atoms with Crippen molar-refractivity contribution in [2.45, 2.75) is 32.7 Å². The van der Waals surface area contributed by atoms with Gasteiger partial charge in [0.15, 0.2) is 17.3 Å². The molecule has 6 nitrogen and oxygen atoms in total. The quantitative estimate of drug-likeness (QED) is 0.632. The zero-order valence-corrected chi connectivity index (χ0v) is 15.4. The SMILES string of the molecule is COc1ccccc1Oc1ccc(NC(C)c2nc(C(C)C)no2)cc1. The summed E-state index contributed by atoms with van der Waals surface area (Å²) < 4.78 is 16.5. The van der Waals surface area contributed by atoms with E-state index in [9.17, 15) is 0 Å². The lowest BCUT2D eigenvalue weighted by molar-refractivity contribution is 0.361. The molecule has 1 atom stereocenters. The summed E-state index contributed by atoms with van der Waals surface area (Å²) in [6.07, 6.45) is 0. The second-order valence-electron chi connectivity index (χ2n) is 6.29. The molecule has 1 N–H and O–H groups in total. The third-order valence-corrected chi connectivity index (χ3v) is 3.88. The first-order chi connectivity index (χ1) is 12.6. The van der Waals surface area contributed by atoms with Crippen LogP contribution in [0.5, 0.6) is 17.2 Å². The van der Waals surface area contributed by atoms with Crippen LogP contribution in [0.3, 0.4) is 0 Å². The zero-order chi connectivity index (χ0) is 18.5. The molecule has 0 spiro atoms. The lowest BCUT2D eigenvalue weighted by Crippen LogP contribution is -2.07. The molecule has 3 rings (SSSR count). The van der Waals surface area contributed by atoms with E-state index in [4.69, 9.17) is 14.0 Å². The van der Waals surface area contributed by atoms with Gasteiger partial charge in [-0.2, -0.15) is 4.98 Å². The Morgan fingerprint density at radius 3 is 2.27 bits per heavy atom. The van der Waals surface area contributed by atoms with E-state index in [1.165, 1.54) is 0 Å². The van der Waals surface area contributed by atoms with Crippen molar-refractivity contribution in [2.24, 2.45) is 0 Å². The van der Waals surface area contributed by atoms with Crippen LogP contribution < -0.4 is 14.8 Å². The zero-order valence-electron chi connectivity index (χ0n) is 15.4. The highest BCUT2D eigenvalue weighted by molar-refractivity contribution is 5.49. The Hall–Kier alpha value is -3.02. The first-order valence-electron chi connectivity index (χ1n) is 8.57. The third-order valence-electron chi connectivity index (χ3n) is 3.88. The molecule has 0 bridgehead atoms. The lowest BCUT2D eigenvalue weighted by atomic mass is 10.2. The van der Waals surface area contributed by atoms with Crippen LogP contribution in [0.1, 0.15) is 44.4 Å². The Morgan fingerprint density at radius 1 is 0.962 bits per heavy atom. The van der Waals surface area contributed by atoms with E-state index < -0.39 is 0 Å². The Morgan fingerprint density at radius 2 is 1.65 bits per heavy atom. The van der Waals surface area contributed by atoms with Gasteiger partial charge in [-0.1, -0.05) is 31.1 Å². The molecule has 26 heavy (non-hydrogen) atoms. The minimum atomic E-state index is -0.0871. The molecule has 1 heterocycles. The van der Waals surface area contributed by atoms with Crippen LogP contribution >= 0.6 is 0 Å². The molecule has 0 aliphatic carbocycles. The van der Waals surface area contributed by atoms with E-state index in [0.29, 0.717) is 23.2 Å². The summed E-state index contributed by atoms with van der Waals surface area (Å²) in [5.74, 6) is 3.63. The number of nitrogens with zero attached hydrogens (tertiary/aromatic N) is 2. The fourth-order valence-electron chi connectivity index (χ4n) is 2.42. The van der Waals surface area contributed by atoms with Crippen molar-refractivity contribution in [1.82, 2.24) is 10.1 Å². The van der Waals surface area contributed by atoms with E-state index in [0.717, 1.165) is 11.4 Å². The molecule has 2 aromatic carbocycles. The fraction of sp³-hybridized carbons (Fsp3) is 0.300. The molecule has 6 heteroatoms. The standard InChI is InChI=1S/C20H23N3O3/c1-13(2)19-22-20(26-23-19)14(3)21-15-9-11-16(12-10-15)25-18-8-6-5-7-17(18)24-4/h5-14,21H,1-4H3. The summed E-state index contributed by atoms with van der Waals surface area (Å²) in [6, 6.07) is 15.1. The van der Waals surface area contributed by atoms with E-state index >= 15 is 0 Å². The van der Waals surface area contributed by atoms with Crippen molar-refractivity contribution in [3.8, 4) is 17.2 Å². The molecule has 136 valence electrons. The predicted octanol–water partition coefficient (Wildman–Crippen LogP) is 5.17. The van der Waals surface area contributed by atoms with E-state index in [-0.39, 0.29) is 12.0 Å². The summed E-state index contributed by atoms with van der Waals surface area (Å²) in [6.45, 7) is 6.05. The minimum absolute atomic E-state index is 0.0871. The minimum Gasteiger partial charge on any atom is -0.493 e. The van der Waals surface area contributed by atoms with E-state index in [1.807, 2.05) is 69.3 Å². The van der Waals surface area contributed by atoms with Gasteiger partial charge in [0.1, 0.15) is 11.8 Å². The normalized spacial score (nSPS) is 12.0. The van der Waals surface area contributed by atoms with Crippen LogP contribution in [-0.4, -0.2) is 17.3 Å². The van der Waals surface area contributed by atoms with E-state index in [2.05, 4.69) is 15.5 Å². The number of methoxy groups -OCH3 is 1. The number of aromatic nitrogens is 2. The maximum atomic E-state index is 5.88. The van der Waals surface area contributed by atoms with Crippen molar-refractivity contribution in [2.75, 3.05) is 12.4 Å². The Labute approximate surface area is 153 Å². The molecule has 0 aliphatic rings. The second kappa shape index (κ2) is 7.91. The Kier molecular flexibility index (Phi) is 5.41. The fourth-order valence-corrected chi connectivity index (χ4v) is 2.42. The van der Waals surface area contributed by atoms with Crippen LogP contribution in [0.2, 0.25) is 0 Å². The Bertz CT molecular complexity index is 844. The summed E-state index contributed by atoms with van der Waals surface area (Å²) in [5.41, 5.74) is 0.939. The largest absolute Gasteiger partial charge is 0.493 e. The highest BCUT2D eigenvalue weighted by Gasteiger charge is 2.15. The molecule has 0 saturated heterocycles. The molecule has 0 fully saturated rings. The second-order valence-corrected chi connectivity index (χ2v) is 6.29. The van der Waals surface area contributed by atoms with Gasteiger partial charge < -0.3 is 19.3 Å². The van der Waals surface area contributed by atoms with E-state index in [1.54, 1.807) is 7.11 Å². The molecule has 0 aliphatic heterocycles. The monoisotopic (exact) mass is 353 g/mol. The molecule has 1 unspecified atom stereocenters. The molecule has 1 aromatic heterocycles. The van der Waals surface area contributed by atoms with Crippen molar-refractivity contribution < 1.29 is 14.0 Å². The smallest absolute Gasteiger partial charge is 0.248 e.